The van der Waals surface area contributed by atoms with Crippen LogP contribution in [0.4, 0.5) is 0 Å². The summed E-state index contributed by atoms with van der Waals surface area (Å²) in [7, 11) is 0. The van der Waals surface area contributed by atoms with Crippen molar-refractivity contribution in [3.05, 3.63) is 47.0 Å². The molecule has 1 aromatic carbocycles. The highest BCUT2D eigenvalue weighted by Gasteiger charge is 2.12. The number of nitrogens with zero attached hydrogens (tertiary/aromatic N) is 1. The number of carbonyl (C=O) groups excluding carboxylic acids is 1. The fourth-order valence-corrected chi connectivity index (χ4v) is 1.12. The molecule has 14 heavy (non-hydrogen) atoms. The van der Waals surface area contributed by atoms with Gasteiger partial charge in [-0.1, -0.05) is 35.9 Å². The first-order valence-corrected chi connectivity index (χ1v) is 4.34. The molecule has 0 aliphatic rings. The number of rotatable bonds is 2. The number of Topliss-reactive ketones (excluding diaryl/α,β-unsaturated/α-hetero) is 1. The molecular weight excluding hydrogens is 174 g/mol. The van der Waals surface area contributed by atoms with E-state index in [-0.39, 0.29) is 11.4 Å². The van der Waals surface area contributed by atoms with Crippen molar-refractivity contribution in [3.8, 4) is 6.07 Å². The average molecular weight is 185 g/mol. The van der Waals surface area contributed by atoms with E-state index in [0.29, 0.717) is 5.56 Å². The maximum Gasteiger partial charge on any atom is 0.203 e. The molecule has 1 rings (SSSR count). The first-order valence-electron chi connectivity index (χ1n) is 4.34. The third-order valence-electron chi connectivity index (χ3n) is 1.87. The van der Waals surface area contributed by atoms with Gasteiger partial charge in [0.05, 0.1) is 5.57 Å². The lowest BCUT2D eigenvalue weighted by atomic mass is 10.0. The summed E-state index contributed by atoms with van der Waals surface area (Å²) < 4.78 is 0. The fraction of sp³-hybridized carbons (Fsp3) is 0.167. The summed E-state index contributed by atoms with van der Waals surface area (Å²) in [5, 5.41) is 8.80. The molecule has 0 spiro atoms. The maximum atomic E-state index is 11.7. The molecule has 0 aliphatic carbocycles. The molecule has 0 aromatic heterocycles. The van der Waals surface area contributed by atoms with E-state index in [0.717, 1.165) is 5.57 Å². The second-order valence-electron chi connectivity index (χ2n) is 3.18. The van der Waals surface area contributed by atoms with Crippen LogP contribution in [0, 0.1) is 11.3 Å². The van der Waals surface area contributed by atoms with E-state index in [1.165, 1.54) is 0 Å². The third kappa shape index (κ3) is 2.08. The van der Waals surface area contributed by atoms with E-state index in [1.54, 1.807) is 38.1 Å². The number of ketones is 1. The SMILES string of the molecule is CC(C)=C(C#N)C(=O)c1ccccc1. The minimum absolute atomic E-state index is 0.201. The van der Waals surface area contributed by atoms with Crippen LogP contribution in [0.3, 0.4) is 0 Å². The van der Waals surface area contributed by atoms with E-state index in [9.17, 15) is 4.79 Å². The molecule has 70 valence electrons. The van der Waals surface area contributed by atoms with Crippen molar-refractivity contribution in [2.45, 2.75) is 13.8 Å². The number of hydrogen-bond acceptors (Lipinski definition) is 2. The lowest BCUT2D eigenvalue weighted by Crippen LogP contribution is -2.02. The predicted octanol–water partition coefficient (Wildman–Crippen LogP) is 2.73. The number of benzene rings is 1. The van der Waals surface area contributed by atoms with Gasteiger partial charge in [-0.2, -0.15) is 5.26 Å². The molecule has 0 radical (unpaired) electrons. The monoisotopic (exact) mass is 185 g/mol. The summed E-state index contributed by atoms with van der Waals surface area (Å²) in [6.45, 7) is 3.53. The topological polar surface area (TPSA) is 40.9 Å². The molecule has 0 bridgehead atoms. The highest BCUT2D eigenvalue weighted by molar-refractivity contribution is 6.11. The van der Waals surface area contributed by atoms with Gasteiger partial charge in [-0.15, -0.1) is 0 Å². The van der Waals surface area contributed by atoms with Crippen molar-refractivity contribution < 1.29 is 4.79 Å². The minimum atomic E-state index is -0.201. The van der Waals surface area contributed by atoms with Crippen molar-refractivity contribution >= 4 is 5.78 Å². The molecule has 0 amide bonds. The van der Waals surface area contributed by atoms with Gasteiger partial charge in [0.15, 0.2) is 0 Å². The van der Waals surface area contributed by atoms with E-state index in [4.69, 9.17) is 5.26 Å². The second-order valence-corrected chi connectivity index (χ2v) is 3.18. The van der Waals surface area contributed by atoms with Gasteiger partial charge in [0.25, 0.3) is 0 Å². The minimum Gasteiger partial charge on any atom is -0.288 e. The summed E-state index contributed by atoms with van der Waals surface area (Å²) in [5.74, 6) is -0.201. The van der Waals surface area contributed by atoms with Gasteiger partial charge in [-0.25, -0.2) is 0 Å². The van der Waals surface area contributed by atoms with Crippen LogP contribution in [0.25, 0.3) is 0 Å². The molecule has 1 aromatic rings. The Morgan fingerprint density at radius 2 is 1.79 bits per heavy atom. The normalized spacial score (nSPS) is 8.93. The summed E-state index contributed by atoms with van der Waals surface area (Å²) in [5.41, 5.74) is 1.54. The molecule has 2 heteroatoms. The lowest BCUT2D eigenvalue weighted by molar-refractivity contribution is 0.103. The van der Waals surface area contributed by atoms with Crippen LogP contribution in [0.1, 0.15) is 24.2 Å². The number of nitriles is 1. The van der Waals surface area contributed by atoms with Crippen molar-refractivity contribution in [1.82, 2.24) is 0 Å². The maximum absolute atomic E-state index is 11.7. The Kier molecular flexibility index (Phi) is 3.19. The molecular formula is C12H11NO. The first-order chi connectivity index (χ1) is 6.66. The quantitative estimate of drug-likeness (QED) is 0.404. The Hall–Kier alpha value is -1.88. The van der Waals surface area contributed by atoms with Gasteiger partial charge in [0.1, 0.15) is 6.07 Å². The number of allylic oxidation sites excluding steroid dienone is 2. The Morgan fingerprint density at radius 1 is 1.21 bits per heavy atom. The highest BCUT2D eigenvalue weighted by atomic mass is 16.1. The number of hydrogen-bond donors (Lipinski definition) is 0. The third-order valence-corrected chi connectivity index (χ3v) is 1.87. The van der Waals surface area contributed by atoms with Gasteiger partial charge >= 0.3 is 0 Å². The molecule has 0 fully saturated rings. The molecule has 0 N–H and O–H groups in total. The zero-order valence-corrected chi connectivity index (χ0v) is 8.24. The number of carbonyl (C=O) groups is 1. The predicted molar refractivity (Wildman–Crippen MR) is 54.8 cm³/mol. The lowest BCUT2D eigenvalue weighted by Gasteiger charge is -1.99. The molecule has 2 nitrogen and oxygen atoms in total. The van der Waals surface area contributed by atoms with Crippen molar-refractivity contribution in [2.24, 2.45) is 0 Å². The average Bonchev–Trinajstić information content (AvgIpc) is 2.19. The van der Waals surface area contributed by atoms with Gasteiger partial charge in [-0.05, 0) is 13.8 Å². The van der Waals surface area contributed by atoms with Crippen molar-refractivity contribution in [3.63, 3.8) is 0 Å². The van der Waals surface area contributed by atoms with Gasteiger partial charge in [0, 0.05) is 5.56 Å². The van der Waals surface area contributed by atoms with Gasteiger partial charge < -0.3 is 0 Å². The van der Waals surface area contributed by atoms with Gasteiger partial charge in [-0.3, -0.25) is 4.79 Å². The van der Waals surface area contributed by atoms with Crippen LogP contribution in [-0.4, -0.2) is 5.78 Å². The van der Waals surface area contributed by atoms with Crippen LogP contribution in [0.5, 0.6) is 0 Å². The highest BCUT2D eigenvalue weighted by Crippen LogP contribution is 2.11. The summed E-state index contributed by atoms with van der Waals surface area (Å²) in [6.07, 6.45) is 0. The Morgan fingerprint density at radius 3 is 2.21 bits per heavy atom. The molecule has 0 atom stereocenters. The summed E-state index contributed by atoms with van der Waals surface area (Å²) in [4.78, 5) is 11.7. The van der Waals surface area contributed by atoms with Gasteiger partial charge in [0.2, 0.25) is 5.78 Å². The fourth-order valence-electron chi connectivity index (χ4n) is 1.12. The van der Waals surface area contributed by atoms with Crippen LogP contribution >= 0.6 is 0 Å². The van der Waals surface area contributed by atoms with E-state index < -0.39 is 0 Å². The zero-order valence-electron chi connectivity index (χ0n) is 8.24. The molecule has 0 unspecified atom stereocenters. The van der Waals surface area contributed by atoms with Crippen LogP contribution in [0.15, 0.2) is 41.5 Å². The summed E-state index contributed by atoms with van der Waals surface area (Å²) in [6, 6.07) is 10.8. The smallest absolute Gasteiger partial charge is 0.203 e. The van der Waals surface area contributed by atoms with Crippen molar-refractivity contribution in [1.29, 1.82) is 5.26 Å². The summed E-state index contributed by atoms with van der Waals surface area (Å²) >= 11 is 0. The second kappa shape index (κ2) is 4.38. The van der Waals surface area contributed by atoms with E-state index in [1.807, 2.05) is 12.1 Å². The standard InChI is InChI=1S/C12H11NO/c1-9(2)11(8-13)12(14)10-6-4-3-5-7-10/h3-7H,1-2H3. The van der Waals surface area contributed by atoms with Crippen molar-refractivity contribution in [2.75, 3.05) is 0 Å². The molecule has 0 aliphatic heterocycles. The molecule has 0 saturated heterocycles. The Labute approximate surface area is 83.5 Å². The molecule has 0 heterocycles. The van der Waals surface area contributed by atoms with Crippen LogP contribution in [0.2, 0.25) is 0 Å². The molecule has 0 saturated carbocycles. The Balaban J connectivity index is 3.11. The Bertz CT molecular complexity index is 406. The van der Waals surface area contributed by atoms with E-state index in [2.05, 4.69) is 0 Å². The first kappa shape index (κ1) is 10.2. The van der Waals surface area contributed by atoms with Crippen LogP contribution in [-0.2, 0) is 0 Å². The van der Waals surface area contributed by atoms with Crippen LogP contribution < -0.4 is 0 Å². The van der Waals surface area contributed by atoms with E-state index >= 15 is 0 Å². The largest absolute Gasteiger partial charge is 0.288 e. The zero-order chi connectivity index (χ0) is 10.6.